The SMILES string of the molecule is CC(C(=O)NCc1cccc(NC(=O)c2ccc(F)cc2)c1)n1c(=O)oc2ccccc21. The number of carbonyl (C=O) groups is 2. The van der Waals surface area contributed by atoms with Crippen LogP contribution in [0.2, 0.25) is 0 Å². The molecule has 0 spiro atoms. The zero-order valence-corrected chi connectivity index (χ0v) is 17.2. The summed E-state index contributed by atoms with van der Waals surface area (Å²) in [6.45, 7) is 1.83. The van der Waals surface area contributed by atoms with Crippen molar-refractivity contribution in [2.75, 3.05) is 5.32 Å². The molecule has 0 saturated carbocycles. The van der Waals surface area contributed by atoms with Crippen molar-refractivity contribution in [1.82, 2.24) is 9.88 Å². The number of hydrogen-bond acceptors (Lipinski definition) is 4. The van der Waals surface area contributed by atoms with E-state index < -0.39 is 17.6 Å². The molecule has 0 aliphatic carbocycles. The Morgan fingerprint density at radius 1 is 1.03 bits per heavy atom. The standard InChI is InChI=1S/C24H20FN3O4/c1-15(28-20-7-2-3-8-21(20)32-24(28)31)22(29)26-14-16-5-4-6-19(13-16)27-23(30)17-9-11-18(25)12-10-17/h2-13,15H,14H2,1H3,(H,26,29)(H,27,30). The molecule has 0 aliphatic rings. The summed E-state index contributed by atoms with van der Waals surface area (Å²) in [5.41, 5.74) is 2.59. The Morgan fingerprint density at radius 3 is 2.56 bits per heavy atom. The molecular weight excluding hydrogens is 413 g/mol. The summed E-state index contributed by atoms with van der Waals surface area (Å²) in [5.74, 6) is -1.73. The molecule has 7 nitrogen and oxygen atoms in total. The molecule has 2 amide bonds. The van der Waals surface area contributed by atoms with E-state index in [9.17, 15) is 18.8 Å². The maximum absolute atomic E-state index is 13.0. The quantitative estimate of drug-likeness (QED) is 0.483. The molecule has 4 rings (SSSR count). The molecule has 0 aliphatic heterocycles. The number of aromatic nitrogens is 1. The summed E-state index contributed by atoms with van der Waals surface area (Å²) in [4.78, 5) is 37.2. The van der Waals surface area contributed by atoms with Crippen molar-refractivity contribution in [2.45, 2.75) is 19.5 Å². The number of nitrogens with one attached hydrogen (secondary N) is 2. The van der Waals surface area contributed by atoms with Gasteiger partial charge >= 0.3 is 5.76 Å². The third kappa shape index (κ3) is 4.44. The highest BCUT2D eigenvalue weighted by Gasteiger charge is 2.21. The van der Waals surface area contributed by atoms with Crippen molar-refractivity contribution in [3.05, 3.63) is 100 Å². The second-order valence-electron chi connectivity index (χ2n) is 7.26. The van der Waals surface area contributed by atoms with E-state index in [1.165, 1.54) is 28.8 Å². The molecule has 0 saturated heterocycles. The molecule has 0 radical (unpaired) electrons. The summed E-state index contributed by atoms with van der Waals surface area (Å²) in [7, 11) is 0. The lowest BCUT2D eigenvalue weighted by molar-refractivity contribution is -0.124. The average Bonchev–Trinajstić information content (AvgIpc) is 3.13. The van der Waals surface area contributed by atoms with Crippen molar-refractivity contribution >= 4 is 28.6 Å². The van der Waals surface area contributed by atoms with Gasteiger partial charge in [0, 0.05) is 17.8 Å². The van der Waals surface area contributed by atoms with Crippen LogP contribution >= 0.6 is 0 Å². The van der Waals surface area contributed by atoms with Gasteiger partial charge in [0.25, 0.3) is 5.91 Å². The lowest BCUT2D eigenvalue weighted by atomic mass is 10.1. The van der Waals surface area contributed by atoms with Crippen LogP contribution in [0.15, 0.2) is 82.0 Å². The van der Waals surface area contributed by atoms with E-state index >= 15 is 0 Å². The summed E-state index contributed by atoms with van der Waals surface area (Å²) >= 11 is 0. The number of hydrogen-bond donors (Lipinski definition) is 2. The van der Waals surface area contributed by atoms with Gasteiger partial charge in [0.1, 0.15) is 11.9 Å². The number of benzene rings is 3. The lowest BCUT2D eigenvalue weighted by Crippen LogP contribution is -2.34. The highest BCUT2D eigenvalue weighted by molar-refractivity contribution is 6.04. The van der Waals surface area contributed by atoms with Crippen molar-refractivity contribution in [3.63, 3.8) is 0 Å². The van der Waals surface area contributed by atoms with Crippen LogP contribution in [-0.4, -0.2) is 16.4 Å². The van der Waals surface area contributed by atoms with Gasteiger partial charge in [-0.05, 0) is 61.0 Å². The topological polar surface area (TPSA) is 93.3 Å². The number of amides is 2. The number of carbonyl (C=O) groups excluding carboxylic acids is 2. The van der Waals surface area contributed by atoms with Crippen LogP contribution in [0.4, 0.5) is 10.1 Å². The van der Waals surface area contributed by atoms with Gasteiger partial charge in [-0.2, -0.15) is 0 Å². The largest absolute Gasteiger partial charge is 0.420 e. The Hall–Kier alpha value is -4.20. The number of fused-ring (bicyclic) bond motifs is 1. The monoisotopic (exact) mass is 433 g/mol. The molecule has 3 aromatic carbocycles. The second-order valence-corrected chi connectivity index (χ2v) is 7.26. The first-order chi connectivity index (χ1) is 15.4. The van der Waals surface area contributed by atoms with Gasteiger partial charge in [0.15, 0.2) is 5.58 Å². The molecule has 8 heteroatoms. The molecule has 1 unspecified atom stereocenters. The van der Waals surface area contributed by atoms with Crippen molar-refractivity contribution < 1.29 is 18.4 Å². The van der Waals surface area contributed by atoms with Crippen molar-refractivity contribution in [3.8, 4) is 0 Å². The summed E-state index contributed by atoms with van der Waals surface area (Å²) in [5, 5.41) is 5.55. The number of oxazole rings is 1. The van der Waals surface area contributed by atoms with Crippen LogP contribution in [0.25, 0.3) is 11.1 Å². The molecule has 32 heavy (non-hydrogen) atoms. The van der Waals surface area contributed by atoms with Crippen molar-refractivity contribution in [1.29, 1.82) is 0 Å². The van der Waals surface area contributed by atoms with Crippen LogP contribution in [0.5, 0.6) is 0 Å². The second kappa shape index (κ2) is 8.89. The Bertz CT molecular complexity index is 1340. The fourth-order valence-corrected chi connectivity index (χ4v) is 3.37. The van der Waals surface area contributed by atoms with E-state index in [1.54, 1.807) is 55.5 Å². The van der Waals surface area contributed by atoms with E-state index in [1.807, 2.05) is 0 Å². The molecule has 2 N–H and O–H groups in total. The minimum Gasteiger partial charge on any atom is -0.408 e. The third-order valence-electron chi connectivity index (χ3n) is 5.04. The molecule has 0 bridgehead atoms. The normalized spacial score (nSPS) is 11.8. The van der Waals surface area contributed by atoms with E-state index in [-0.39, 0.29) is 18.4 Å². The lowest BCUT2D eigenvalue weighted by Gasteiger charge is -2.14. The first-order valence-corrected chi connectivity index (χ1v) is 9.96. The highest BCUT2D eigenvalue weighted by atomic mass is 19.1. The van der Waals surface area contributed by atoms with E-state index in [2.05, 4.69) is 10.6 Å². The van der Waals surface area contributed by atoms with E-state index in [0.29, 0.717) is 22.4 Å². The minimum absolute atomic E-state index is 0.202. The van der Waals surface area contributed by atoms with Crippen LogP contribution in [0.1, 0.15) is 28.9 Å². The average molecular weight is 433 g/mol. The minimum atomic E-state index is -0.771. The van der Waals surface area contributed by atoms with Crippen LogP contribution in [0.3, 0.4) is 0 Å². The van der Waals surface area contributed by atoms with Gasteiger partial charge in [-0.25, -0.2) is 9.18 Å². The number of rotatable bonds is 6. The molecule has 1 atom stereocenters. The fraction of sp³-hybridized carbons (Fsp3) is 0.125. The number of anilines is 1. The molecule has 1 heterocycles. The van der Waals surface area contributed by atoms with Crippen LogP contribution in [-0.2, 0) is 11.3 Å². The first kappa shape index (κ1) is 21.0. The number of halogens is 1. The summed E-state index contributed by atoms with van der Waals surface area (Å²) < 4.78 is 19.5. The fourth-order valence-electron chi connectivity index (χ4n) is 3.37. The Balaban J connectivity index is 1.42. The maximum atomic E-state index is 13.0. The van der Waals surface area contributed by atoms with E-state index in [0.717, 1.165) is 5.56 Å². The Morgan fingerprint density at radius 2 is 1.78 bits per heavy atom. The van der Waals surface area contributed by atoms with E-state index in [4.69, 9.17) is 4.42 Å². The zero-order chi connectivity index (χ0) is 22.7. The van der Waals surface area contributed by atoms with Crippen molar-refractivity contribution in [2.24, 2.45) is 0 Å². The zero-order valence-electron chi connectivity index (χ0n) is 17.2. The highest BCUT2D eigenvalue weighted by Crippen LogP contribution is 2.17. The molecule has 162 valence electrons. The summed E-state index contributed by atoms with van der Waals surface area (Å²) in [6, 6.07) is 18.4. The van der Waals surface area contributed by atoms with Gasteiger partial charge in [0.05, 0.1) is 5.52 Å². The predicted molar refractivity (Wildman–Crippen MR) is 118 cm³/mol. The predicted octanol–water partition coefficient (Wildman–Crippen LogP) is 3.86. The third-order valence-corrected chi connectivity index (χ3v) is 5.04. The van der Waals surface area contributed by atoms with Gasteiger partial charge < -0.3 is 15.1 Å². The smallest absolute Gasteiger partial charge is 0.408 e. The number of nitrogens with zero attached hydrogens (tertiary/aromatic N) is 1. The van der Waals surface area contributed by atoms with Gasteiger partial charge in [-0.15, -0.1) is 0 Å². The number of para-hydroxylation sites is 2. The first-order valence-electron chi connectivity index (χ1n) is 9.96. The molecular formula is C24H20FN3O4. The van der Waals surface area contributed by atoms with Gasteiger partial charge in [-0.1, -0.05) is 24.3 Å². The van der Waals surface area contributed by atoms with Gasteiger partial charge in [0.2, 0.25) is 5.91 Å². The Kier molecular flexibility index (Phi) is 5.85. The van der Waals surface area contributed by atoms with Crippen LogP contribution < -0.4 is 16.4 Å². The molecule has 1 aromatic heterocycles. The molecule has 0 fully saturated rings. The van der Waals surface area contributed by atoms with Crippen LogP contribution in [0, 0.1) is 5.82 Å². The Labute approximate surface area is 182 Å². The summed E-state index contributed by atoms with van der Waals surface area (Å²) in [6.07, 6.45) is 0. The maximum Gasteiger partial charge on any atom is 0.420 e. The van der Waals surface area contributed by atoms with Gasteiger partial charge in [-0.3, -0.25) is 14.2 Å². The molecule has 4 aromatic rings.